The molecule has 7 nitrogen and oxygen atoms in total. The molecule has 0 spiro atoms. The molecule has 1 atom stereocenters. The van der Waals surface area contributed by atoms with E-state index >= 15 is 0 Å². The molecule has 0 unspecified atom stereocenters. The fraction of sp³-hybridized carbons (Fsp3) is 0.176. The number of barbiturate groups is 1. The highest BCUT2D eigenvalue weighted by molar-refractivity contribution is 6.32. The van der Waals surface area contributed by atoms with E-state index in [1.165, 1.54) is 12.5 Å². The molecule has 2 aromatic rings. The topological polar surface area (TPSA) is 92.0 Å². The molecule has 1 aromatic carbocycles. The molecule has 1 N–H and O–H groups in total. The van der Waals surface area contributed by atoms with Gasteiger partial charge in [0, 0.05) is 6.21 Å². The van der Waals surface area contributed by atoms with Crippen LogP contribution in [0.15, 0.2) is 52.1 Å². The summed E-state index contributed by atoms with van der Waals surface area (Å²) in [5, 5.41) is 2.18. The smallest absolute Gasteiger partial charge is 0.335 e. The molecular formula is C17H15N3O4. The Hall–Kier alpha value is -3.22. The van der Waals surface area contributed by atoms with E-state index in [9.17, 15) is 14.4 Å². The molecule has 3 rings (SSSR count). The van der Waals surface area contributed by atoms with Crippen LogP contribution in [0, 0.1) is 12.8 Å². The fourth-order valence-corrected chi connectivity index (χ4v) is 2.31. The Morgan fingerprint density at radius 1 is 1.21 bits per heavy atom. The minimum absolute atomic E-state index is 0.211. The van der Waals surface area contributed by atoms with Crippen LogP contribution in [-0.2, 0) is 16.1 Å². The van der Waals surface area contributed by atoms with E-state index in [0.717, 1.165) is 10.5 Å². The third kappa shape index (κ3) is 3.10. The van der Waals surface area contributed by atoms with Gasteiger partial charge in [-0.1, -0.05) is 17.7 Å². The Labute approximate surface area is 138 Å². The maximum absolute atomic E-state index is 12.6. The van der Waals surface area contributed by atoms with Crippen molar-refractivity contribution < 1.29 is 18.8 Å². The van der Waals surface area contributed by atoms with Crippen LogP contribution in [0.5, 0.6) is 0 Å². The number of urea groups is 1. The number of nitrogens with one attached hydrogen (secondary N) is 1. The van der Waals surface area contributed by atoms with Gasteiger partial charge in [0.15, 0.2) is 5.92 Å². The number of aliphatic imine (C=N–C) groups is 1. The lowest BCUT2D eigenvalue weighted by Gasteiger charge is -2.28. The summed E-state index contributed by atoms with van der Waals surface area (Å²) in [5.74, 6) is -1.85. The zero-order valence-corrected chi connectivity index (χ0v) is 12.9. The number of rotatable bonds is 4. The van der Waals surface area contributed by atoms with Gasteiger partial charge < -0.3 is 4.42 Å². The van der Waals surface area contributed by atoms with Gasteiger partial charge >= 0.3 is 6.03 Å². The molecule has 1 saturated heterocycles. The summed E-state index contributed by atoms with van der Waals surface area (Å²) in [6.07, 6.45) is 2.76. The summed E-state index contributed by atoms with van der Waals surface area (Å²) in [5.41, 5.74) is 1.40. The minimum Gasteiger partial charge on any atom is -0.467 e. The molecule has 4 amide bonds. The molecule has 1 aromatic heterocycles. The third-order valence-corrected chi connectivity index (χ3v) is 3.58. The lowest BCUT2D eigenvalue weighted by molar-refractivity contribution is -0.131. The number of carbonyl (C=O) groups is 3. The van der Waals surface area contributed by atoms with Crippen molar-refractivity contribution in [2.24, 2.45) is 10.9 Å². The number of carbonyl (C=O) groups excluding carboxylic acids is 3. The van der Waals surface area contributed by atoms with Crippen molar-refractivity contribution in [2.75, 3.05) is 4.90 Å². The van der Waals surface area contributed by atoms with Gasteiger partial charge in [-0.25, -0.2) is 9.69 Å². The van der Waals surface area contributed by atoms with E-state index in [-0.39, 0.29) is 6.54 Å². The van der Waals surface area contributed by atoms with E-state index < -0.39 is 23.8 Å². The Morgan fingerprint density at radius 2 is 1.96 bits per heavy atom. The van der Waals surface area contributed by atoms with Crippen LogP contribution in [0.3, 0.4) is 0 Å². The summed E-state index contributed by atoms with van der Waals surface area (Å²) >= 11 is 0. The second kappa shape index (κ2) is 6.49. The van der Waals surface area contributed by atoms with Gasteiger partial charge in [-0.15, -0.1) is 0 Å². The van der Waals surface area contributed by atoms with Crippen molar-refractivity contribution in [3.63, 3.8) is 0 Å². The molecule has 1 fully saturated rings. The number of amides is 4. The van der Waals surface area contributed by atoms with E-state index in [1.807, 2.05) is 6.92 Å². The van der Waals surface area contributed by atoms with Crippen molar-refractivity contribution in [2.45, 2.75) is 13.5 Å². The highest BCUT2D eigenvalue weighted by atomic mass is 16.3. The molecule has 0 aliphatic carbocycles. The van der Waals surface area contributed by atoms with Crippen LogP contribution >= 0.6 is 0 Å². The van der Waals surface area contributed by atoms with Crippen molar-refractivity contribution >= 4 is 29.7 Å². The number of benzene rings is 1. The fourth-order valence-electron chi connectivity index (χ4n) is 2.31. The predicted octanol–water partition coefficient (Wildman–Crippen LogP) is 2.06. The molecule has 122 valence electrons. The van der Waals surface area contributed by atoms with E-state index in [2.05, 4.69) is 10.3 Å². The highest BCUT2D eigenvalue weighted by Crippen LogP contribution is 2.20. The van der Waals surface area contributed by atoms with Crippen LogP contribution in [0.1, 0.15) is 11.3 Å². The van der Waals surface area contributed by atoms with Gasteiger partial charge in [0.1, 0.15) is 5.76 Å². The van der Waals surface area contributed by atoms with Gasteiger partial charge in [0.2, 0.25) is 5.91 Å². The van der Waals surface area contributed by atoms with Crippen LogP contribution < -0.4 is 10.2 Å². The first kappa shape index (κ1) is 15.7. The highest BCUT2D eigenvalue weighted by Gasteiger charge is 2.40. The molecule has 0 radical (unpaired) electrons. The summed E-state index contributed by atoms with van der Waals surface area (Å²) < 4.78 is 5.13. The number of imide groups is 2. The monoisotopic (exact) mass is 325 g/mol. The molecular weight excluding hydrogens is 310 g/mol. The average molecular weight is 325 g/mol. The third-order valence-electron chi connectivity index (χ3n) is 3.58. The van der Waals surface area contributed by atoms with E-state index in [4.69, 9.17) is 4.42 Å². The first-order valence-electron chi connectivity index (χ1n) is 7.34. The van der Waals surface area contributed by atoms with Crippen molar-refractivity contribution in [3.05, 3.63) is 54.0 Å². The quantitative estimate of drug-likeness (QED) is 0.688. The number of hydrogen-bond donors (Lipinski definition) is 1. The number of furan rings is 1. The Morgan fingerprint density at radius 3 is 2.62 bits per heavy atom. The second-order valence-electron chi connectivity index (χ2n) is 5.35. The zero-order valence-electron chi connectivity index (χ0n) is 12.9. The normalized spacial score (nSPS) is 18.3. The Kier molecular flexibility index (Phi) is 4.24. The standard InChI is InChI=1S/C17H15N3O4/c1-11-4-6-12(7-5-11)20-16(22)14(15(21)19-17(20)23)10-18-9-13-3-2-8-24-13/h2-8,10,14H,9H2,1H3,(H,19,21,23)/t14-/m0/s1. The minimum atomic E-state index is -1.15. The van der Waals surface area contributed by atoms with Crippen LogP contribution in [0.4, 0.5) is 10.5 Å². The van der Waals surface area contributed by atoms with Crippen molar-refractivity contribution in [1.29, 1.82) is 0 Å². The Bertz CT molecular complexity index is 794. The van der Waals surface area contributed by atoms with Crippen molar-refractivity contribution in [3.8, 4) is 0 Å². The first-order valence-corrected chi connectivity index (χ1v) is 7.34. The summed E-state index contributed by atoms with van der Waals surface area (Å²) in [6.45, 7) is 2.11. The molecule has 0 bridgehead atoms. The summed E-state index contributed by atoms with van der Waals surface area (Å²) in [4.78, 5) is 41.5. The number of anilines is 1. The van der Waals surface area contributed by atoms with Crippen molar-refractivity contribution in [1.82, 2.24) is 5.32 Å². The maximum atomic E-state index is 12.6. The number of nitrogens with zero attached hydrogens (tertiary/aromatic N) is 2. The van der Waals surface area contributed by atoms with Gasteiger partial charge in [0.05, 0.1) is 18.5 Å². The lowest BCUT2D eigenvalue weighted by atomic mass is 10.1. The Balaban J connectivity index is 1.80. The molecule has 24 heavy (non-hydrogen) atoms. The second-order valence-corrected chi connectivity index (χ2v) is 5.35. The SMILES string of the molecule is Cc1ccc(N2C(=O)NC(=O)[C@H](C=NCc3ccco3)C2=O)cc1. The first-order chi connectivity index (χ1) is 11.6. The largest absolute Gasteiger partial charge is 0.467 e. The summed E-state index contributed by atoms with van der Waals surface area (Å²) in [7, 11) is 0. The van der Waals surface area contributed by atoms with Gasteiger partial charge in [0.25, 0.3) is 5.91 Å². The van der Waals surface area contributed by atoms with Crippen LogP contribution in [0.25, 0.3) is 0 Å². The molecule has 2 heterocycles. The van der Waals surface area contributed by atoms with E-state index in [1.54, 1.807) is 36.4 Å². The molecule has 1 aliphatic heterocycles. The summed E-state index contributed by atoms with van der Waals surface area (Å²) in [6, 6.07) is 9.57. The van der Waals surface area contributed by atoms with Gasteiger partial charge in [-0.05, 0) is 31.2 Å². The zero-order chi connectivity index (χ0) is 17.1. The number of aryl methyl sites for hydroxylation is 1. The molecule has 7 heteroatoms. The lowest BCUT2D eigenvalue weighted by Crippen LogP contribution is -2.58. The van der Waals surface area contributed by atoms with Gasteiger partial charge in [-0.2, -0.15) is 0 Å². The predicted molar refractivity (Wildman–Crippen MR) is 86.6 cm³/mol. The van der Waals surface area contributed by atoms with E-state index in [0.29, 0.717) is 11.4 Å². The average Bonchev–Trinajstić information content (AvgIpc) is 3.05. The number of hydrogen-bond acceptors (Lipinski definition) is 5. The maximum Gasteiger partial charge on any atom is 0.335 e. The molecule has 0 saturated carbocycles. The molecule has 1 aliphatic rings. The van der Waals surface area contributed by atoms with Crippen LogP contribution in [-0.4, -0.2) is 24.1 Å². The van der Waals surface area contributed by atoms with Crippen LogP contribution in [0.2, 0.25) is 0 Å². The van der Waals surface area contributed by atoms with Gasteiger partial charge in [-0.3, -0.25) is 19.9 Å².